The highest BCUT2D eigenvalue weighted by molar-refractivity contribution is 9.10. The molecular weight excluding hydrogens is 408 g/mol. The Labute approximate surface area is 166 Å². The number of carbonyl (C=O) groups is 2. The SMILES string of the molecule is C=CCOc1ccc(/C=C2/NC(=O)N(Cc3cccc(C)c3)C2=O)cc1Br. The fraction of sp³-hybridized carbons (Fsp3) is 0.143. The Morgan fingerprint density at radius 2 is 2.04 bits per heavy atom. The van der Waals surface area contributed by atoms with Crippen LogP contribution in [0.2, 0.25) is 0 Å². The molecule has 0 radical (unpaired) electrons. The van der Waals surface area contributed by atoms with E-state index < -0.39 is 6.03 Å². The van der Waals surface area contributed by atoms with E-state index in [0.29, 0.717) is 12.4 Å². The Morgan fingerprint density at radius 3 is 2.74 bits per heavy atom. The van der Waals surface area contributed by atoms with Gasteiger partial charge < -0.3 is 10.1 Å². The first-order valence-corrected chi connectivity index (χ1v) is 9.20. The van der Waals surface area contributed by atoms with Crippen LogP contribution in [0.25, 0.3) is 6.08 Å². The van der Waals surface area contributed by atoms with E-state index >= 15 is 0 Å². The van der Waals surface area contributed by atoms with Crippen LogP contribution in [0, 0.1) is 6.92 Å². The van der Waals surface area contributed by atoms with Crippen LogP contribution in [0.1, 0.15) is 16.7 Å². The smallest absolute Gasteiger partial charge is 0.329 e. The van der Waals surface area contributed by atoms with Crippen molar-refractivity contribution < 1.29 is 14.3 Å². The quantitative estimate of drug-likeness (QED) is 0.422. The van der Waals surface area contributed by atoms with Crippen LogP contribution in [0.5, 0.6) is 5.75 Å². The van der Waals surface area contributed by atoms with Crippen LogP contribution in [0.4, 0.5) is 4.79 Å². The third-order valence-corrected chi connectivity index (χ3v) is 4.63. The summed E-state index contributed by atoms with van der Waals surface area (Å²) in [6.07, 6.45) is 3.32. The average Bonchev–Trinajstić information content (AvgIpc) is 2.89. The summed E-state index contributed by atoms with van der Waals surface area (Å²) in [4.78, 5) is 26.1. The van der Waals surface area contributed by atoms with E-state index in [1.54, 1.807) is 18.2 Å². The van der Waals surface area contributed by atoms with Gasteiger partial charge in [-0.2, -0.15) is 0 Å². The van der Waals surface area contributed by atoms with Crippen molar-refractivity contribution in [1.82, 2.24) is 10.2 Å². The van der Waals surface area contributed by atoms with Crippen molar-refractivity contribution in [3.63, 3.8) is 0 Å². The molecule has 3 amide bonds. The normalized spacial score (nSPS) is 15.2. The number of aryl methyl sites for hydroxylation is 1. The number of nitrogens with one attached hydrogen (secondary N) is 1. The van der Waals surface area contributed by atoms with Gasteiger partial charge in [0.1, 0.15) is 18.1 Å². The molecule has 5 nitrogen and oxygen atoms in total. The topological polar surface area (TPSA) is 58.6 Å². The average molecular weight is 427 g/mol. The van der Waals surface area contributed by atoms with Crippen molar-refractivity contribution in [2.45, 2.75) is 13.5 Å². The second kappa shape index (κ2) is 8.22. The van der Waals surface area contributed by atoms with Crippen LogP contribution in [0.15, 0.2) is 65.3 Å². The van der Waals surface area contributed by atoms with Crippen LogP contribution < -0.4 is 10.1 Å². The molecule has 0 aliphatic carbocycles. The monoisotopic (exact) mass is 426 g/mol. The van der Waals surface area contributed by atoms with Crippen molar-refractivity contribution in [2.75, 3.05) is 6.61 Å². The second-order valence-electron chi connectivity index (χ2n) is 6.16. The summed E-state index contributed by atoms with van der Waals surface area (Å²) >= 11 is 3.45. The summed E-state index contributed by atoms with van der Waals surface area (Å²) < 4.78 is 6.27. The zero-order valence-electron chi connectivity index (χ0n) is 14.9. The zero-order chi connectivity index (χ0) is 19.4. The van der Waals surface area contributed by atoms with Crippen molar-refractivity contribution in [1.29, 1.82) is 0 Å². The van der Waals surface area contributed by atoms with E-state index in [1.807, 2.05) is 43.3 Å². The fourth-order valence-electron chi connectivity index (χ4n) is 2.75. The second-order valence-corrected chi connectivity index (χ2v) is 7.01. The van der Waals surface area contributed by atoms with Gasteiger partial charge in [-0.1, -0.05) is 48.6 Å². The molecular formula is C21H19BrN2O3. The molecule has 1 heterocycles. The number of rotatable bonds is 6. The van der Waals surface area contributed by atoms with Crippen molar-refractivity contribution in [3.05, 3.63) is 82.0 Å². The standard InChI is InChI=1S/C21H19BrN2O3/c1-3-9-27-19-8-7-15(11-17(19)22)12-18-20(25)24(21(26)23-18)13-16-6-4-5-14(2)10-16/h3-8,10-12H,1,9,13H2,2H3,(H,23,26)/b18-12+. The molecule has 138 valence electrons. The van der Waals surface area contributed by atoms with Gasteiger partial charge in [-0.3, -0.25) is 9.69 Å². The van der Waals surface area contributed by atoms with Crippen molar-refractivity contribution >= 4 is 33.9 Å². The molecule has 0 spiro atoms. The van der Waals surface area contributed by atoms with Crippen molar-refractivity contribution in [2.24, 2.45) is 0 Å². The Morgan fingerprint density at radius 1 is 1.22 bits per heavy atom. The largest absolute Gasteiger partial charge is 0.488 e. The van der Waals surface area contributed by atoms with Crippen LogP contribution >= 0.6 is 15.9 Å². The van der Waals surface area contributed by atoms with Gasteiger partial charge >= 0.3 is 6.03 Å². The molecule has 0 bridgehead atoms. The fourth-order valence-corrected chi connectivity index (χ4v) is 3.26. The first kappa shape index (κ1) is 18.9. The third kappa shape index (κ3) is 4.46. The van der Waals surface area contributed by atoms with E-state index in [2.05, 4.69) is 27.8 Å². The number of hydrogen-bond donors (Lipinski definition) is 1. The summed E-state index contributed by atoms with van der Waals surface area (Å²) in [5, 5.41) is 2.64. The molecule has 27 heavy (non-hydrogen) atoms. The molecule has 3 rings (SSSR count). The minimum atomic E-state index is -0.419. The predicted octanol–water partition coefficient (Wildman–Crippen LogP) is 4.42. The van der Waals surface area contributed by atoms with Gasteiger partial charge in [-0.15, -0.1) is 0 Å². The summed E-state index contributed by atoms with van der Waals surface area (Å²) in [5.74, 6) is 0.338. The number of halogens is 1. The maximum absolute atomic E-state index is 12.6. The maximum Gasteiger partial charge on any atom is 0.329 e. The van der Waals surface area contributed by atoms with E-state index in [0.717, 1.165) is 21.2 Å². The Hall–Kier alpha value is -2.86. The number of urea groups is 1. The van der Waals surface area contributed by atoms with Crippen molar-refractivity contribution in [3.8, 4) is 5.75 Å². The molecule has 1 saturated heterocycles. The van der Waals surface area contributed by atoms with E-state index in [-0.39, 0.29) is 18.1 Å². The minimum absolute atomic E-state index is 0.238. The number of nitrogens with zero attached hydrogens (tertiary/aromatic N) is 1. The first-order valence-electron chi connectivity index (χ1n) is 8.41. The molecule has 2 aromatic carbocycles. The lowest BCUT2D eigenvalue weighted by Gasteiger charge is -2.12. The highest BCUT2D eigenvalue weighted by Crippen LogP contribution is 2.27. The summed E-state index contributed by atoms with van der Waals surface area (Å²) in [6, 6.07) is 12.8. The summed E-state index contributed by atoms with van der Waals surface area (Å²) in [6.45, 7) is 6.23. The van der Waals surface area contributed by atoms with Gasteiger partial charge in [0, 0.05) is 0 Å². The maximum atomic E-state index is 12.6. The van der Waals surface area contributed by atoms with E-state index in [9.17, 15) is 9.59 Å². The Balaban J connectivity index is 1.77. The number of hydrogen-bond acceptors (Lipinski definition) is 3. The van der Waals surface area contributed by atoms with Gasteiger partial charge in [0.2, 0.25) is 0 Å². The minimum Gasteiger partial charge on any atom is -0.488 e. The zero-order valence-corrected chi connectivity index (χ0v) is 16.5. The molecule has 1 aliphatic heterocycles. The molecule has 0 aromatic heterocycles. The van der Waals surface area contributed by atoms with Gasteiger partial charge in [-0.05, 0) is 52.2 Å². The Bertz CT molecular complexity index is 937. The lowest BCUT2D eigenvalue weighted by atomic mass is 10.1. The number of ether oxygens (including phenoxy) is 1. The van der Waals surface area contributed by atoms with E-state index in [1.165, 1.54) is 4.90 Å². The predicted molar refractivity (Wildman–Crippen MR) is 108 cm³/mol. The summed E-state index contributed by atoms with van der Waals surface area (Å²) in [5.41, 5.74) is 3.01. The molecule has 1 fully saturated rings. The highest BCUT2D eigenvalue weighted by Gasteiger charge is 2.33. The van der Waals surface area contributed by atoms with Crippen LogP contribution in [-0.4, -0.2) is 23.4 Å². The molecule has 1 aliphatic rings. The molecule has 0 saturated carbocycles. The van der Waals surface area contributed by atoms with E-state index in [4.69, 9.17) is 4.74 Å². The molecule has 0 atom stereocenters. The molecule has 2 aromatic rings. The molecule has 6 heteroatoms. The lowest BCUT2D eigenvalue weighted by Crippen LogP contribution is -2.30. The van der Waals surface area contributed by atoms with Crippen LogP contribution in [-0.2, 0) is 11.3 Å². The number of carbonyl (C=O) groups excluding carboxylic acids is 2. The summed E-state index contributed by atoms with van der Waals surface area (Å²) in [7, 11) is 0. The molecule has 1 N–H and O–H groups in total. The number of amides is 3. The van der Waals surface area contributed by atoms with Gasteiger partial charge in [0.25, 0.3) is 5.91 Å². The van der Waals surface area contributed by atoms with Gasteiger partial charge in [-0.25, -0.2) is 4.79 Å². The highest BCUT2D eigenvalue weighted by atomic mass is 79.9. The molecule has 0 unspecified atom stereocenters. The third-order valence-electron chi connectivity index (χ3n) is 4.01. The lowest BCUT2D eigenvalue weighted by molar-refractivity contribution is -0.123. The number of imide groups is 1. The van der Waals surface area contributed by atoms with Gasteiger partial charge in [0.15, 0.2) is 0 Å². The van der Waals surface area contributed by atoms with Gasteiger partial charge in [0.05, 0.1) is 11.0 Å². The number of benzene rings is 2. The van der Waals surface area contributed by atoms with Crippen LogP contribution in [0.3, 0.4) is 0 Å². The first-order chi connectivity index (χ1) is 13.0. The Kier molecular flexibility index (Phi) is 5.76.